The summed E-state index contributed by atoms with van der Waals surface area (Å²) in [4.78, 5) is 10.8. The minimum atomic E-state index is -0.647. The molecule has 1 aromatic rings. The fraction of sp³-hybridized carbons (Fsp3) is 0.417. The van der Waals surface area contributed by atoms with E-state index in [9.17, 15) is 4.79 Å². The van der Waals surface area contributed by atoms with Gasteiger partial charge in [-0.15, -0.1) is 0 Å². The molecule has 0 aliphatic carbocycles. The van der Waals surface area contributed by atoms with Crippen molar-refractivity contribution in [2.24, 2.45) is 0 Å². The Kier molecular flexibility index (Phi) is 6.03. The number of carbonyl (C=O) groups excluding carboxylic acids is 1. The molecule has 1 aromatic carbocycles. The first kappa shape index (κ1) is 12.5. The molecular formula is C12H16O4. The Balaban J connectivity index is 2.02. The van der Waals surface area contributed by atoms with E-state index in [1.54, 1.807) is 6.92 Å². The van der Waals surface area contributed by atoms with Gasteiger partial charge in [-0.05, 0) is 12.5 Å². The zero-order chi connectivity index (χ0) is 11.6. The molecule has 0 aromatic heterocycles. The first-order chi connectivity index (χ1) is 7.83. The molecule has 88 valence electrons. The Morgan fingerprint density at radius 1 is 1.12 bits per heavy atom. The summed E-state index contributed by atoms with van der Waals surface area (Å²) in [5.41, 5.74) is 1.10. The lowest BCUT2D eigenvalue weighted by Crippen LogP contribution is -2.11. The molecule has 0 aliphatic heterocycles. The van der Waals surface area contributed by atoms with E-state index in [2.05, 4.69) is 4.74 Å². The summed E-state index contributed by atoms with van der Waals surface area (Å²) in [7, 11) is 0. The highest BCUT2D eigenvalue weighted by Gasteiger charge is 2.00. The van der Waals surface area contributed by atoms with Crippen molar-refractivity contribution in [1.29, 1.82) is 0 Å². The molecule has 0 radical (unpaired) electrons. The number of benzene rings is 1. The van der Waals surface area contributed by atoms with Crippen LogP contribution in [0.3, 0.4) is 0 Å². The van der Waals surface area contributed by atoms with Crippen molar-refractivity contribution in [2.45, 2.75) is 13.5 Å². The van der Waals surface area contributed by atoms with Crippen LogP contribution < -0.4 is 0 Å². The monoisotopic (exact) mass is 224 g/mol. The average molecular weight is 224 g/mol. The van der Waals surface area contributed by atoms with Crippen LogP contribution >= 0.6 is 0 Å². The van der Waals surface area contributed by atoms with Gasteiger partial charge >= 0.3 is 6.16 Å². The fourth-order valence-electron chi connectivity index (χ4n) is 1.11. The van der Waals surface area contributed by atoms with Gasteiger partial charge in [-0.2, -0.15) is 0 Å². The largest absolute Gasteiger partial charge is 0.508 e. The van der Waals surface area contributed by atoms with Crippen LogP contribution in [0.4, 0.5) is 4.79 Å². The Bertz CT molecular complexity index is 297. The first-order valence-corrected chi connectivity index (χ1v) is 5.24. The van der Waals surface area contributed by atoms with Gasteiger partial charge in [0.1, 0.15) is 6.61 Å². The van der Waals surface area contributed by atoms with E-state index in [0.29, 0.717) is 19.8 Å². The highest BCUT2D eigenvalue weighted by atomic mass is 16.7. The minimum absolute atomic E-state index is 0.214. The van der Waals surface area contributed by atoms with Gasteiger partial charge in [0.2, 0.25) is 0 Å². The predicted octanol–water partition coefficient (Wildman–Crippen LogP) is 2.38. The number of hydrogen-bond acceptors (Lipinski definition) is 4. The van der Waals surface area contributed by atoms with Gasteiger partial charge in [0.25, 0.3) is 0 Å². The molecule has 4 nitrogen and oxygen atoms in total. The summed E-state index contributed by atoms with van der Waals surface area (Å²) < 4.78 is 14.6. The third kappa shape index (κ3) is 5.36. The van der Waals surface area contributed by atoms with E-state index in [-0.39, 0.29) is 6.61 Å². The Hall–Kier alpha value is -1.55. The normalized spacial score (nSPS) is 9.81. The van der Waals surface area contributed by atoms with Crippen molar-refractivity contribution >= 4 is 6.16 Å². The molecule has 0 fully saturated rings. The highest BCUT2D eigenvalue weighted by molar-refractivity contribution is 5.59. The van der Waals surface area contributed by atoms with E-state index in [1.807, 2.05) is 30.3 Å². The van der Waals surface area contributed by atoms with Crippen LogP contribution in [0.15, 0.2) is 30.3 Å². The standard InChI is InChI=1S/C12H16O4/c1-2-15-12(13)16-9-8-14-10-11-6-4-3-5-7-11/h3-7H,2,8-10H2,1H3. The third-order valence-corrected chi connectivity index (χ3v) is 1.82. The Morgan fingerprint density at radius 3 is 2.56 bits per heavy atom. The van der Waals surface area contributed by atoms with E-state index >= 15 is 0 Å². The molecule has 0 amide bonds. The molecule has 0 spiro atoms. The molecule has 0 N–H and O–H groups in total. The SMILES string of the molecule is CCOC(=O)OCCOCc1ccccc1. The second-order valence-electron chi connectivity index (χ2n) is 3.07. The minimum Gasteiger partial charge on any atom is -0.435 e. The summed E-state index contributed by atoms with van der Waals surface area (Å²) in [6.45, 7) is 3.16. The van der Waals surface area contributed by atoms with Crippen LogP contribution in [0, 0.1) is 0 Å². The smallest absolute Gasteiger partial charge is 0.435 e. The topological polar surface area (TPSA) is 44.8 Å². The van der Waals surface area contributed by atoms with Crippen molar-refractivity contribution in [3.05, 3.63) is 35.9 Å². The molecule has 0 saturated heterocycles. The maximum absolute atomic E-state index is 10.8. The summed E-state index contributed by atoms with van der Waals surface area (Å²) >= 11 is 0. The third-order valence-electron chi connectivity index (χ3n) is 1.82. The Morgan fingerprint density at radius 2 is 1.88 bits per heavy atom. The fourth-order valence-corrected chi connectivity index (χ4v) is 1.11. The summed E-state index contributed by atoms with van der Waals surface area (Å²) in [5, 5.41) is 0. The molecule has 1 rings (SSSR count). The predicted molar refractivity (Wildman–Crippen MR) is 59.1 cm³/mol. The molecule has 0 saturated carbocycles. The van der Waals surface area contributed by atoms with E-state index in [0.717, 1.165) is 5.56 Å². The quantitative estimate of drug-likeness (QED) is 0.549. The van der Waals surface area contributed by atoms with Crippen molar-refractivity contribution in [1.82, 2.24) is 0 Å². The lowest BCUT2D eigenvalue weighted by atomic mass is 10.2. The second-order valence-corrected chi connectivity index (χ2v) is 3.07. The molecule has 0 atom stereocenters. The molecular weight excluding hydrogens is 208 g/mol. The van der Waals surface area contributed by atoms with Gasteiger partial charge in [0.15, 0.2) is 0 Å². The number of carbonyl (C=O) groups is 1. The highest BCUT2D eigenvalue weighted by Crippen LogP contribution is 2.00. The second kappa shape index (κ2) is 7.70. The van der Waals surface area contributed by atoms with Crippen molar-refractivity contribution < 1.29 is 19.0 Å². The average Bonchev–Trinajstić information content (AvgIpc) is 2.30. The lowest BCUT2D eigenvalue weighted by Gasteiger charge is -2.05. The van der Waals surface area contributed by atoms with Crippen molar-refractivity contribution in [2.75, 3.05) is 19.8 Å². The summed E-state index contributed by atoms with van der Waals surface area (Å²) in [6.07, 6.45) is -0.647. The molecule has 0 bridgehead atoms. The summed E-state index contributed by atoms with van der Waals surface area (Å²) in [5.74, 6) is 0. The van der Waals surface area contributed by atoms with Crippen LogP contribution in [-0.2, 0) is 20.8 Å². The molecule has 0 unspecified atom stereocenters. The van der Waals surface area contributed by atoms with E-state index in [4.69, 9.17) is 9.47 Å². The van der Waals surface area contributed by atoms with Crippen LogP contribution in [0.25, 0.3) is 0 Å². The van der Waals surface area contributed by atoms with Gasteiger partial charge in [-0.25, -0.2) is 4.79 Å². The number of ether oxygens (including phenoxy) is 3. The van der Waals surface area contributed by atoms with Gasteiger partial charge < -0.3 is 14.2 Å². The molecule has 16 heavy (non-hydrogen) atoms. The zero-order valence-corrected chi connectivity index (χ0v) is 9.35. The first-order valence-electron chi connectivity index (χ1n) is 5.24. The van der Waals surface area contributed by atoms with Crippen LogP contribution in [0.1, 0.15) is 12.5 Å². The number of rotatable bonds is 6. The van der Waals surface area contributed by atoms with Gasteiger partial charge in [-0.1, -0.05) is 30.3 Å². The van der Waals surface area contributed by atoms with Gasteiger partial charge in [-0.3, -0.25) is 0 Å². The van der Waals surface area contributed by atoms with E-state index < -0.39 is 6.16 Å². The van der Waals surface area contributed by atoms with Crippen molar-refractivity contribution in [3.63, 3.8) is 0 Å². The van der Waals surface area contributed by atoms with Gasteiger partial charge in [0.05, 0.1) is 19.8 Å². The van der Waals surface area contributed by atoms with Crippen molar-refractivity contribution in [3.8, 4) is 0 Å². The molecule has 4 heteroatoms. The maximum atomic E-state index is 10.8. The van der Waals surface area contributed by atoms with Crippen LogP contribution in [0.5, 0.6) is 0 Å². The van der Waals surface area contributed by atoms with Crippen LogP contribution in [0.2, 0.25) is 0 Å². The van der Waals surface area contributed by atoms with E-state index in [1.165, 1.54) is 0 Å². The molecule has 0 aliphatic rings. The molecule has 0 heterocycles. The summed E-state index contributed by atoms with van der Waals surface area (Å²) in [6, 6.07) is 9.81. The number of hydrogen-bond donors (Lipinski definition) is 0. The Labute approximate surface area is 95.1 Å². The van der Waals surface area contributed by atoms with Gasteiger partial charge in [0, 0.05) is 0 Å². The maximum Gasteiger partial charge on any atom is 0.508 e. The van der Waals surface area contributed by atoms with Crippen LogP contribution in [-0.4, -0.2) is 26.0 Å². The zero-order valence-electron chi connectivity index (χ0n) is 9.35. The lowest BCUT2D eigenvalue weighted by molar-refractivity contribution is 0.0256.